The first-order valence-electron chi connectivity index (χ1n) is 18.9. The van der Waals surface area contributed by atoms with Crippen molar-refractivity contribution < 1.29 is 4.42 Å². The zero-order valence-electron chi connectivity index (χ0n) is 30.1. The van der Waals surface area contributed by atoms with Gasteiger partial charge >= 0.3 is 0 Å². The Bertz CT molecular complexity index is 2970. The van der Waals surface area contributed by atoms with E-state index >= 15 is 0 Å². The Morgan fingerprint density at radius 1 is 0.364 bits per heavy atom. The summed E-state index contributed by atoms with van der Waals surface area (Å²) in [5.41, 5.74) is 14.7. The van der Waals surface area contributed by atoms with Crippen molar-refractivity contribution in [2.75, 3.05) is 4.90 Å². The average Bonchev–Trinajstić information content (AvgIpc) is 3.80. The van der Waals surface area contributed by atoms with Crippen molar-refractivity contribution in [3.05, 3.63) is 235 Å². The van der Waals surface area contributed by atoms with E-state index < -0.39 is 5.41 Å². The minimum absolute atomic E-state index is 0.453. The Morgan fingerprint density at radius 3 is 1.60 bits per heavy atom. The second-order valence-electron chi connectivity index (χ2n) is 14.4. The van der Waals surface area contributed by atoms with E-state index in [1.807, 2.05) is 6.07 Å². The molecule has 0 N–H and O–H groups in total. The molecule has 0 fully saturated rings. The fraction of sp³-hybridized carbons (Fsp3) is 0.0189. The lowest BCUT2D eigenvalue weighted by Crippen LogP contribution is -2.28. The molecule has 0 bridgehead atoms. The number of rotatable bonds is 6. The number of nitrogens with zero attached hydrogens (tertiary/aromatic N) is 1. The van der Waals surface area contributed by atoms with Crippen LogP contribution in [0, 0.1) is 0 Å². The lowest BCUT2D eigenvalue weighted by Gasteiger charge is -2.34. The summed E-state index contributed by atoms with van der Waals surface area (Å²) in [5, 5.41) is 4.51. The fourth-order valence-electron chi connectivity index (χ4n) is 9.08. The quantitative estimate of drug-likeness (QED) is 0.172. The van der Waals surface area contributed by atoms with Gasteiger partial charge in [0.2, 0.25) is 0 Å². The summed E-state index contributed by atoms with van der Waals surface area (Å²) >= 11 is 0. The van der Waals surface area contributed by atoms with Crippen molar-refractivity contribution >= 4 is 49.8 Å². The summed E-state index contributed by atoms with van der Waals surface area (Å²) < 4.78 is 6.54. The van der Waals surface area contributed by atoms with Crippen LogP contribution in [0.5, 0.6) is 0 Å². The second kappa shape index (κ2) is 12.5. The van der Waals surface area contributed by atoms with Gasteiger partial charge in [-0.1, -0.05) is 164 Å². The van der Waals surface area contributed by atoms with Gasteiger partial charge in [-0.05, 0) is 98.4 Å². The summed E-state index contributed by atoms with van der Waals surface area (Å²) in [5.74, 6) is 0. The Kier molecular flexibility index (Phi) is 7.11. The highest BCUT2D eigenvalue weighted by Gasteiger charge is 2.45. The first-order valence-corrected chi connectivity index (χ1v) is 18.9. The predicted octanol–water partition coefficient (Wildman–Crippen LogP) is 14.2. The molecule has 1 aliphatic carbocycles. The van der Waals surface area contributed by atoms with Crippen molar-refractivity contribution in [3.8, 4) is 22.3 Å². The van der Waals surface area contributed by atoms with Gasteiger partial charge in [-0.2, -0.15) is 0 Å². The predicted molar refractivity (Wildman–Crippen MR) is 229 cm³/mol. The van der Waals surface area contributed by atoms with E-state index in [9.17, 15) is 0 Å². The van der Waals surface area contributed by atoms with Crippen LogP contribution in [0.1, 0.15) is 22.3 Å². The normalized spacial score (nSPS) is 12.9. The van der Waals surface area contributed by atoms with Crippen molar-refractivity contribution in [1.82, 2.24) is 0 Å². The lowest BCUT2D eigenvalue weighted by atomic mass is 9.68. The summed E-state index contributed by atoms with van der Waals surface area (Å²) in [6, 6.07) is 77.0. The molecular weight excluding hydrogens is 667 g/mol. The highest BCUT2D eigenvalue weighted by molar-refractivity contribution is 6.15. The van der Waals surface area contributed by atoms with Crippen LogP contribution in [0.2, 0.25) is 0 Å². The number of hydrogen-bond acceptors (Lipinski definition) is 2. The van der Waals surface area contributed by atoms with Crippen molar-refractivity contribution in [1.29, 1.82) is 0 Å². The Morgan fingerprint density at radius 2 is 0.891 bits per heavy atom. The largest absolute Gasteiger partial charge is 0.455 e. The molecule has 0 aliphatic heterocycles. The molecule has 1 heterocycles. The van der Waals surface area contributed by atoms with Gasteiger partial charge in [0.15, 0.2) is 0 Å². The molecule has 0 unspecified atom stereocenters. The van der Waals surface area contributed by atoms with Gasteiger partial charge in [0.1, 0.15) is 11.2 Å². The molecule has 2 heteroatoms. The maximum Gasteiger partial charge on any atom is 0.143 e. The second-order valence-corrected chi connectivity index (χ2v) is 14.4. The number of anilines is 3. The molecule has 9 aromatic carbocycles. The van der Waals surface area contributed by atoms with Crippen LogP contribution >= 0.6 is 0 Å². The molecule has 10 aromatic rings. The third-order valence-corrected chi connectivity index (χ3v) is 11.6. The molecule has 0 spiro atoms. The zero-order chi connectivity index (χ0) is 36.3. The minimum Gasteiger partial charge on any atom is -0.455 e. The summed E-state index contributed by atoms with van der Waals surface area (Å²) in [7, 11) is 0. The van der Waals surface area contributed by atoms with Crippen LogP contribution in [0.3, 0.4) is 0 Å². The maximum absolute atomic E-state index is 6.54. The van der Waals surface area contributed by atoms with Crippen LogP contribution in [-0.2, 0) is 5.41 Å². The average molecular weight is 702 g/mol. The highest BCUT2D eigenvalue weighted by atomic mass is 16.3. The zero-order valence-corrected chi connectivity index (χ0v) is 30.1. The van der Waals surface area contributed by atoms with Crippen molar-refractivity contribution in [2.24, 2.45) is 0 Å². The molecule has 55 heavy (non-hydrogen) atoms. The number of furan rings is 1. The molecule has 2 nitrogen and oxygen atoms in total. The van der Waals surface area contributed by atoms with Crippen LogP contribution in [0.25, 0.3) is 55.0 Å². The molecule has 0 radical (unpaired) electrons. The Labute approximate surface area is 320 Å². The number of hydrogen-bond donors (Lipinski definition) is 0. The monoisotopic (exact) mass is 701 g/mol. The summed E-state index contributed by atoms with van der Waals surface area (Å²) in [4.78, 5) is 2.37. The van der Waals surface area contributed by atoms with E-state index in [0.717, 1.165) is 49.8 Å². The molecule has 1 aromatic heterocycles. The van der Waals surface area contributed by atoms with Crippen molar-refractivity contribution in [3.63, 3.8) is 0 Å². The van der Waals surface area contributed by atoms with E-state index in [4.69, 9.17) is 4.42 Å². The van der Waals surface area contributed by atoms with Gasteiger partial charge in [-0.15, -0.1) is 0 Å². The van der Waals surface area contributed by atoms with Crippen LogP contribution in [0.4, 0.5) is 17.1 Å². The summed E-state index contributed by atoms with van der Waals surface area (Å²) in [6.07, 6.45) is 0. The topological polar surface area (TPSA) is 16.4 Å². The number of fused-ring (bicyclic) bond motifs is 8. The first kappa shape index (κ1) is 31.4. The molecule has 1 aliphatic rings. The number of para-hydroxylation sites is 1. The molecule has 0 saturated carbocycles. The Balaban J connectivity index is 1.10. The molecule has 258 valence electrons. The van der Waals surface area contributed by atoms with E-state index in [1.165, 1.54) is 44.5 Å². The van der Waals surface area contributed by atoms with Crippen molar-refractivity contribution in [2.45, 2.75) is 5.41 Å². The van der Waals surface area contributed by atoms with Crippen LogP contribution in [-0.4, -0.2) is 0 Å². The smallest absolute Gasteiger partial charge is 0.143 e. The third-order valence-electron chi connectivity index (χ3n) is 11.6. The molecular formula is C53H35NO. The van der Waals surface area contributed by atoms with Gasteiger partial charge in [0.05, 0.1) is 5.41 Å². The first-order chi connectivity index (χ1) is 27.3. The lowest BCUT2D eigenvalue weighted by molar-refractivity contribution is 0.672. The van der Waals surface area contributed by atoms with Crippen LogP contribution in [0.15, 0.2) is 217 Å². The molecule has 0 amide bonds. The Hall–Kier alpha value is -7.16. The standard InChI is InChI=1S/C53H35NO/c1-3-13-36(14-4-1)37-23-29-41(30-24-37)54(43-31-25-38-26-34-47-46-19-9-12-22-51(46)55-52(47)48(38)35-43)42-32-27-40(28-33-42)53(39-15-5-2-6-16-39)49-20-10-7-17-44(49)45-18-8-11-21-50(45)53/h1-35H. The fourth-order valence-corrected chi connectivity index (χ4v) is 9.08. The maximum atomic E-state index is 6.54. The molecule has 0 saturated heterocycles. The van der Waals surface area contributed by atoms with Gasteiger partial charge < -0.3 is 9.32 Å². The molecule has 0 atom stereocenters. The van der Waals surface area contributed by atoms with Gasteiger partial charge in [0.25, 0.3) is 0 Å². The SMILES string of the molecule is c1ccc(-c2ccc(N(c3ccc(C4(c5ccccc5)c5ccccc5-c5ccccc54)cc3)c3ccc4ccc5c6ccccc6oc5c4c3)cc2)cc1. The van der Waals surface area contributed by atoms with Gasteiger partial charge in [-0.25, -0.2) is 0 Å². The van der Waals surface area contributed by atoms with Gasteiger partial charge in [0, 0.05) is 33.2 Å². The van der Waals surface area contributed by atoms with E-state index in [0.29, 0.717) is 0 Å². The highest BCUT2D eigenvalue weighted by Crippen LogP contribution is 2.56. The summed E-state index contributed by atoms with van der Waals surface area (Å²) in [6.45, 7) is 0. The minimum atomic E-state index is -0.453. The van der Waals surface area contributed by atoms with E-state index in [1.54, 1.807) is 0 Å². The van der Waals surface area contributed by atoms with E-state index in [-0.39, 0.29) is 0 Å². The third kappa shape index (κ3) is 4.82. The number of benzene rings is 9. The van der Waals surface area contributed by atoms with Crippen LogP contribution < -0.4 is 4.90 Å². The van der Waals surface area contributed by atoms with E-state index in [2.05, 4.69) is 211 Å². The van der Waals surface area contributed by atoms with Gasteiger partial charge in [-0.3, -0.25) is 0 Å². The molecule has 11 rings (SSSR count).